The number of carbonyl (C=O) groups is 2. The van der Waals surface area contributed by atoms with Crippen LogP contribution in [0.4, 0.5) is 0 Å². The van der Waals surface area contributed by atoms with Crippen molar-refractivity contribution in [3.05, 3.63) is 70.3 Å². The van der Waals surface area contributed by atoms with Gasteiger partial charge >= 0.3 is 5.97 Å². The van der Waals surface area contributed by atoms with Gasteiger partial charge in [-0.3, -0.25) is 14.5 Å². The van der Waals surface area contributed by atoms with E-state index in [9.17, 15) is 9.59 Å². The van der Waals surface area contributed by atoms with Crippen LogP contribution in [0, 0.1) is 26.7 Å². The van der Waals surface area contributed by atoms with Crippen LogP contribution in [0.1, 0.15) is 60.0 Å². The molecule has 0 bridgehead atoms. The van der Waals surface area contributed by atoms with Crippen LogP contribution in [0.25, 0.3) is 0 Å². The molecule has 34 heavy (non-hydrogen) atoms. The summed E-state index contributed by atoms with van der Waals surface area (Å²) in [6.07, 6.45) is 2.38. The first-order valence-corrected chi connectivity index (χ1v) is 12.3. The van der Waals surface area contributed by atoms with Crippen molar-refractivity contribution >= 4 is 17.6 Å². The van der Waals surface area contributed by atoms with Gasteiger partial charge in [-0.05, 0) is 63.8 Å². The van der Waals surface area contributed by atoms with E-state index in [4.69, 9.17) is 9.84 Å². The molecule has 2 atom stereocenters. The van der Waals surface area contributed by atoms with E-state index in [1.165, 1.54) is 11.1 Å². The summed E-state index contributed by atoms with van der Waals surface area (Å²) in [5.41, 5.74) is 6.71. The van der Waals surface area contributed by atoms with E-state index < -0.39 is 0 Å². The number of hydrazone groups is 1. The molecule has 2 aliphatic rings. The number of nitrogens with zero attached hydrogens (tertiary/aromatic N) is 3. The summed E-state index contributed by atoms with van der Waals surface area (Å²) in [5.74, 6) is -0.354. The summed E-state index contributed by atoms with van der Waals surface area (Å²) < 4.78 is 5.22. The number of hydrogen-bond donors (Lipinski definition) is 0. The van der Waals surface area contributed by atoms with Crippen molar-refractivity contribution in [1.82, 2.24) is 9.91 Å². The molecule has 6 heteroatoms. The molecule has 2 heterocycles. The summed E-state index contributed by atoms with van der Waals surface area (Å²) >= 11 is 0. The van der Waals surface area contributed by atoms with Crippen molar-refractivity contribution < 1.29 is 14.3 Å². The molecule has 0 saturated carbocycles. The molecule has 0 spiro atoms. The van der Waals surface area contributed by atoms with Crippen LogP contribution in [-0.4, -0.2) is 53.7 Å². The minimum atomic E-state index is -0.165. The maximum absolute atomic E-state index is 13.6. The van der Waals surface area contributed by atoms with Gasteiger partial charge in [0, 0.05) is 18.5 Å². The third kappa shape index (κ3) is 5.22. The lowest BCUT2D eigenvalue weighted by Gasteiger charge is -2.32. The molecule has 1 saturated heterocycles. The van der Waals surface area contributed by atoms with E-state index in [1.807, 2.05) is 19.1 Å². The van der Waals surface area contributed by atoms with Crippen molar-refractivity contribution in [3.63, 3.8) is 0 Å². The van der Waals surface area contributed by atoms with Crippen LogP contribution < -0.4 is 0 Å². The Morgan fingerprint density at radius 3 is 2.62 bits per heavy atom. The Morgan fingerprint density at radius 2 is 1.88 bits per heavy atom. The summed E-state index contributed by atoms with van der Waals surface area (Å²) in [6.45, 7) is 10.1. The first-order chi connectivity index (χ1) is 16.4. The van der Waals surface area contributed by atoms with Gasteiger partial charge in [-0.1, -0.05) is 48.0 Å². The Balaban J connectivity index is 1.58. The van der Waals surface area contributed by atoms with E-state index in [-0.39, 0.29) is 30.4 Å². The molecule has 0 radical (unpaired) electrons. The zero-order valence-corrected chi connectivity index (χ0v) is 20.7. The predicted molar refractivity (Wildman–Crippen MR) is 134 cm³/mol. The Morgan fingerprint density at radius 1 is 1.09 bits per heavy atom. The van der Waals surface area contributed by atoms with E-state index >= 15 is 0 Å². The van der Waals surface area contributed by atoms with Crippen molar-refractivity contribution in [3.8, 4) is 0 Å². The zero-order chi connectivity index (χ0) is 24.2. The van der Waals surface area contributed by atoms with Crippen LogP contribution in [0.3, 0.4) is 0 Å². The molecule has 180 valence electrons. The maximum Gasteiger partial charge on any atom is 0.310 e. The number of esters is 1. The summed E-state index contributed by atoms with van der Waals surface area (Å²) in [5, 5.41) is 6.56. The van der Waals surface area contributed by atoms with Crippen LogP contribution in [-0.2, 0) is 14.3 Å². The highest BCUT2D eigenvalue weighted by Gasteiger charge is 2.36. The van der Waals surface area contributed by atoms with Gasteiger partial charge in [0.15, 0.2) is 0 Å². The molecule has 0 unspecified atom stereocenters. The number of carbonyl (C=O) groups excluding carboxylic acids is 2. The largest absolute Gasteiger partial charge is 0.466 e. The van der Waals surface area contributed by atoms with Crippen molar-refractivity contribution in [2.75, 3.05) is 26.2 Å². The number of amides is 1. The molecule has 2 aromatic carbocycles. The first kappa shape index (κ1) is 24.1. The number of hydrogen-bond acceptors (Lipinski definition) is 5. The molecular weight excluding hydrogens is 426 g/mol. The Hall–Kier alpha value is -2.99. The normalized spacial score (nSPS) is 20.8. The van der Waals surface area contributed by atoms with Gasteiger partial charge in [0.1, 0.15) is 0 Å². The fourth-order valence-corrected chi connectivity index (χ4v) is 5.16. The molecule has 1 amide bonds. The van der Waals surface area contributed by atoms with Crippen LogP contribution in [0.2, 0.25) is 0 Å². The monoisotopic (exact) mass is 461 g/mol. The van der Waals surface area contributed by atoms with Crippen LogP contribution in [0.15, 0.2) is 47.6 Å². The van der Waals surface area contributed by atoms with Crippen molar-refractivity contribution in [1.29, 1.82) is 0 Å². The molecule has 0 aromatic heterocycles. The average molecular weight is 462 g/mol. The number of aryl methyl sites for hydroxylation is 3. The van der Waals surface area contributed by atoms with E-state index in [0.29, 0.717) is 19.6 Å². The smallest absolute Gasteiger partial charge is 0.310 e. The molecule has 2 aliphatic heterocycles. The van der Waals surface area contributed by atoms with Gasteiger partial charge < -0.3 is 4.74 Å². The summed E-state index contributed by atoms with van der Waals surface area (Å²) in [4.78, 5) is 27.9. The van der Waals surface area contributed by atoms with Gasteiger partial charge in [-0.25, -0.2) is 5.01 Å². The van der Waals surface area contributed by atoms with Gasteiger partial charge in [0.05, 0.1) is 30.8 Å². The third-order valence-electron chi connectivity index (χ3n) is 6.89. The first-order valence-electron chi connectivity index (χ1n) is 12.3. The molecule has 1 fully saturated rings. The number of likely N-dealkylation sites (tertiary alicyclic amines) is 1. The van der Waals surface area contributed by atoms with Gasteiger partial charge in [0.25, 0.3) is 5.91 Å². The second-order valence-corrected chi connectivity index (χ2v) is 9.51. The lowest BCUT2D eigenvalue weighted by atomic mass is 9.93. The molecule has 0 N–H and O–H groups in total. The SMILES string of the molecule is CCOC(=O)[C@@H]1CCCN(CC(=O)N2N=C(c3ccc(C)cc3C)C[C@H]2c2ccccc2C)C1. The predicted octanol–water partition coefficient (Wildman–Crippen LogP) is 4.56. The van der Waals surface area contributed by atoms with Gasteiger partial charge in [-0.2, -0.15) is 5.10 Å². The maximum atomic E-state index is 13.6. The summed E-state index contributed by atoms with van der Waals surface area (Å²) in [7, 11) is 0. The minimum Gasteiger partial charge on any atom is -0.466 e. The van der Waals surface area contributed by atoms with Gasteiger partial charge in [0.2, 0.25) is 0 Å². The Bertz CT molecular complexity index is 1090. The second-order valence-electron chi connectivity index (χ2n) is 9.51. The molecular formula is C28H35N3O3. The molecule has 6 nitrogen and oxygen atoms in total. The fourth-order valence-electron chi connectivity index (χ4n) is 5.16. The Kier molecular flexibility index (Phi) is 7.47. The number of piperidine rings is 1. The van der Waals surface area contributed by atoms with Crippen molar-refractivity contribution in [2.45, 2.75) is 53.0 Å². The highest BCUT2D eigenvalue weighted by atomic mass is 16.5. The number of rotatable bonds is 6. The van der Waals surface area contributed by atoms with Crippen molar-refractivity contribution in [2.24, 2.45) is 11.0 Å². The topological polar surface area (TPSA) is 62.2 Å². The number of ether oxygens (including phenoxy) is 1. The molecule has 2 aromatic rings. The Labute approximate surface area is 202 Å². The standard InChI is InChI=1S/C28H35N3O3/c1-5-34-28(33)22-10-8-14-30(17-22)18-27(32)31-26(24-11-7-6-9-20(24)3)16-25(29-31)23-13-12-19(2)15-21(23)4/h6-7,9,11-13,15,22,26H,5,8,10,14,16-18H2,1-4H3/t22-,26+/m1/s1. The van der Waals surface area contributed by atoms with Gasteiger partial charge in [-0.15, -0.1) is 0 Å². The summed E-state index contributed by atoms with van der Waals surface area (Å²) in [6, 6.07) is 14.5. The average Bonchev–Trinajstić information content (AvgIpc) is 3.25. The number of benzene rings is 2. The molecule has 0 aliphatic carbocycles. The zero-order valence-electron chi connectivity index (χ0n) is 20.7. The van der Waals surface area contributed by atoms with E-state index in [1.54, 1.807) is 5.01 Å². The quantitative estimate of drug-likeness (QED) is 0.592. The lowest BCUT2D eigenvalue weighted by Crippen LogP contribution is -2.44. The fraction of sp³-hybridized carbons (Fsp3) is 0.464. The molecule has 4 rings (SSSR count). The van der Waals surface area contributed by atoms with E-state index in [0.717, 1.165) is 41.8 Å². The van der Waals surface area contributed by atoms with E-state index in [2.05, 4.69) is 56.0 Å². The van der Waals surface area contributed by atoms with Crippen LogP contribution >= 0.6 is 0 Å². The highest BCUT2D eigenvalue weighted by Crippen LogP contribution is 2.35. The lowest BCUT2D eigenvalue weighted by molar-refractivity contribution is -0.150. The minimum absolute atomic E-state index is 0.0301. The third-order valence-corrected chi connectivity index (χ3v) is 6.89. The van der Waals surface area contributed by atoms with Crippen LogP contribution in [0.5, 0.6) is 0 Å². The second kappa shape index (κ2) is 10.5. The highest BCUT2D eigenvalue weighted by molar-refractivity contribution is 6.04.